The molecule has 0 radical (unpaired) electrons. The largest absolute Gasteiger partial charge is 0.375 e. The Morgan fingerprint density at radius 2 is 1.86 bits per heavy atom. The summed E-state index contributed by atoms with van der Waals surface area (Å²) >= 11 is 1.48. The van der Waals surface area contributed by atoms with E-state index in [2.05, 4.69) is 58.2 Å². The maximum absolute atomic E-state index is 5.83. The summed E-state index contributed by atoms with van der Waals surface area (Å²) in [6.45, 7) is 5.61. The van der Waals surface area contributed by atoms with Gasteiger partial charge >= 0.3 is 0 Å². The number of nitrogen functional groups attached to an aromatic ring is 1. The lowest BCUT2D eigenvalue weighted by Gasteiger charge is -2.32. The van der Waals surface area contributed by atoms with Crippen molar-refractivity contribution in [2.75, 3.05) is 39.0 Å². The van der Waals surface area contributed by atoms with Crippen molar-refractivity contribution in [1.29, 1.82) is 0 Å². The zero-order valence-electron chi connectivity index (χ0n) is 16.6. The maximum Gasteiger partial charge on any atom is 0.180 e. The summed E-state index contributed by atoms with van der Waals surface area (Å²) in [5.74, 6) is 0. The van der Waals surface area contributed by atoms with Crippen LogP contribution in [0.2, 0.25) is 0 Å². The fourth-order valence-electron chi connectivity index (χ4n) is 4.08. The number of aromatic nitrogens is 2. The molecule has 0 unspecified atom stereocenters. The number of nitrogens with zero attached hydrogens (tertiary/aromatic N) is 4. The van der Waals surface area contributed by atoms with Crippen molar-refractivity contribution >= 4 is 22.0 Å². The third kappa shape index (κ3) is 3.83. The summed E-state index contributed by atoms with van der Waals surface area (Å²) in [6.07, 6.45) is 5.04. The molecular formula is C23H25N5S. The predicted octanol–water partition coefficient (Wildman–Crippen LogP) is 3.52. The van der Waals surface area contributed by atoms with Gasteiger partial charge in [-0.05, 0) is 24.2 Å². The van der Waals surface area contributed by atoms with Crippen molar-refractivity contribution in [2.45, 2.75) is 13.0 Å². The Morgan fingerprint density at radius 1 is 1.07 bits per heavy atom. The highest BCUT2D eigenvalue weighted by atomic mass is 32.1. The van der Waals surface area contributed by atoms with E-state index in [0.717, 1.165) is 61.7 Å². The number of pyridine rings is 1. The first-order valence-corrected chi connectivity index (χ1v) is 10.9. The van der Waals surface area contributed by atoms with Gasteiger partial charge in [-0.1, -0.05) is 30.3 Å². The minimum atomic E-state index is 0.606. The monoisotopic (exact) mass is 403 g/mol. The van der Waals surface area contributed by atoms with Crippen LogP contribution >= 0.6 is 11.3 Å². The average molecular weight is 404 g/mol. The molecule has 0 saturated carbocycles. The number of allylic oxidation sites excluding steroid dienone is 1. The molecule has 2 aliphatic rings. The average Bonchev–Trinajstić information content (AvgIpc) is 3.35. The number of piperazine rings is 1. The number of likely N-dealkylation sites (N-methyl/N-ethyl adjacent to an activating group) is 1. The van der Waals surface area contributed by atoms with Crippen LogP contribution in [0.4, 0.5) is 5.13 Å². The summed E-state index contributed by atoms with van der Waals surface area (Å²) in [5.41, 5.74) is 13.9. The summed E-state index contributed by atoms with van der Waals surface area (Å²) in [7, 11) is 2.20. The number of fused-ring (bicyclic) bond motifs is 1. The molecule has 1 aromatic carbocycles. The number of hydrogen-bond acceptors (Lipinski definition) is 6. The molecule has 0 atom stereocenters. The molecule has 0 spiro atoms. The smallest absolute Gasteiger partial charge is 0.180 e. The second-order valence-corrected chi connectivity index (χ2v) is 8.78. The Bertz CT molecular complexity index is 1050. The van der Waals surface area contributed by atoms with Gasteiger partial charge in [0, 0.05) is 67.4 Å². The van der Waals surface area contributed by atoms with Crippen molar-refractivity contribution in [3.05, 3.63) is 70.5 Å². The second-order valence-electron chi connectivity index (χ2n) is 7.89. The van der Waals surface area contributed by atoms with E-state index >= 15 is 0 Å². The van der Waals surface area contributed by atoms with E-state index in [1.807, 2.05) is 11.6 Å². The van der Waals surface area contributed by atoms with Crippen LogP contribution in [-0.2, 0) is 13.0 Å². The Morgan fingerprint density at radius 3 is 2.59 bits per heavy atom. The van der Waals surface area contributed by atoms with Crippen LogP contribution in [0.25, 0.3) is 16.7 Å². The number of hydrogen-bond donors (Lipinski definition) is 1. The summed E-state index contributed by atoms with van der Waals surface area (Å²) < 4.78 is 0. The zero-order chi connectivity index (χ0) is 19.8. The number of benzene rings is 1. The molecule has 0 bridgehead atoms. The lowest BCUT2D eigenvalue weighted by molar-refractivity contribution is 0.148. The molecule has 1 fully saturated rings. The standard InChI is InChI=1S/C23H25N5S/c1-27-8-10-28(11-9-27)14-16-2-4-17(5-3-16)18-12-20-19(6-7-21(20)25-13-18)22-15-29-23(24)26-22/h2-6,12-13,15H,7-11,14H2,1H3,(H2,24,26). The van der Waals surface area contributed by atoms with E-state index in [-0.39, 0.29) is 0 Å². The summed E-state index contributed by atoms with van der Waals surface area (Å²) in [5, 5.41) is 2.63. The van der Waals surface area contributed by atoms with Gasteiger partial charge in [0.15, 0.2) is 5.13 Å². The highest BCUT2D eigenvalue weighted by molar-refractivity contribution is 7.13. The molecule has 2 N–H and O–H groups in total. The molecule has 5 rings (SSSR count). The SMILES string of the molecule is CN1CCN(Cc2ccc(-c3cnc4c(c3)C(c3csc(N)n3)=CC4)cc2)CC1. The molecule has 1 saturated heterocycles. The molecule has 2 aromatic heterocycles. The fraction of sp³-hybridized carbons (Fsp3) is 0.304. The first kappa shape index (κ1) is 18.5. The minimum Gasteiger partial charge on any atom is -0.375 e. The van der Waals surface area contributed by atoms with E-state index in [0.29, 0.717) is 5.13 Å². The first-order valence-electron chi connectivity index (χ1n) is 10.1. The Labute approximate surface area is 175 Å². The van der Waals surface area contributed by atoms with E-state index < -0.39 is 0 Å². The normalized spacial score (nSPS) is 17.3. The zero-order valence-corrected chi connectivity index (χ0v) is 17.5. The minimum absolute atomic E-state index is 0.606. The van der Waals surface area contributed by atoms with E-state index in [1.54, 1.807) is 0 Å². The van der Waals surface area contributed by atoms with Gasteiger partial charge in [0.1, 0.15) is 0 Å². The summed E-state index contributed by atoms with van der Waals surface area (Å²) in [6, 6.07) is 11.2. The van der Waals surface area contributed by atoms with Crippen molar-refractivity contribution < 1.29 is 0 Å². The first-order chi connectivity index (χ1) is 14.2. The van der Waals surface area contributed by atoms with Gasteiger partial charge in [0.25, 0.3) is 0 Å². The van der Waals surface area contributed by atoms with Crippen LogP contribution in [0.5, 0.6) is 0 Å². The molecular weight excluding hydrogens is 378 g/mol. The Balaban J connectivity index is 1.35. The Kier molecular flexibility index (Phi) is 4.91. The molecule has 3 aromatic rings. The van der Waals surface area contributed by atoms with Crippen LogP contribution in [0, 0.1) is 0 Å². The maximum atomic E-state index is 5.83. The topological polar surface area (TPSA) is 58.3 Å². The highest BCUT2D eigenvalue weighted by Gasteiger charge is 2.20. The number of nitrogens with two attached hydrogens (primary N) is 1. The van der Waals surface area contributed by atoms with Gasteiger partial charge < -0.3 is 10.6 Å². The summed E-state index contributed by atoms with van der Waals surface area (Å²) in [4.78, 5) is 14.1. The van der Waals surface area contributed by atoms with E-state index in [4.69, 9.17) is 10.7 Å². The fourth-order valence-corrected chi connectivity index (χ4v) is 4.64. The molecule has 29 heavy (non-hydrogen) atoms. The van der Waals surface area contributed by atoms with E-state index in [9.17, 15) is 0 Å². The van der Waals surface area contributed by atoms with Crippen molar-refractivity contribution in [2.24, 2.45) is 0 Å². The lowest BCUT2D eigenvalue weighted by Crippen LogP contribution is -2.43. The van der Waals surface area contributed by atoms with Crippen LogP contribution in [0.1, 0.15) is 22.5 Å². The third-order valence-corrected chi connectivity index (χ3v) is 6.52. The quantitative estimate of drug-likeness (QED) is 0.722. The number of anilines is 1. The van der Waals surface area contributed by atoms with E-state index in [1.165, 1.54) is 28.0 Å². The van der Waals surface area contributed by atoms with Crippen molar-refractivity contribution in [1.82, 2.24) is 19.8 Å². The number of thiazole rings is 1. The molecule has 0 amide bonds. The van der Waals surface area contributed by atoms with Gasteiger partial charge in [-0.2, -0.15) is 0 Å². The van der Waals surface area contributed by atoms with Gasteiger partial charge in [-0.3, -0.25) is 9.88 Å². The van der Waals surface area contributed by atoms with Gasteiger partial charge in [-0.15, -0.1) is 11.3 Å². The van der Waals surface area contributed by atoms with Crippen LogP contribution < -0.4 is 5.73 Å². The van der Waals surface area contributed by atoms with Gasteiger partial charge in [0.2, 0.25) is 0 Å². The third-order valence-electron chi connectivity index (χ3n) is 5.85. The van der Waals surface area contributed by atoms with Crippen LogP contribution in [-0.4, -0.2) is 53.0 Å². The molecule has 1 aliphatic carbocycles. The van der Waals surface area contributed by atoms with Crippen molar-refractivity contribution in [3.8, 4) is 11.1 Å². The lowest BCUT2D eigenvalue weighted by atomic mass is 10.0. The second kappa shape index (κ2) is 7.71. The Hall–Kier alpha value is -2.54. The van der Waals surface area contributed by atoms with Crippen LogP contribution in [0.3, 0.4) is 0 Å². The predicted molar refractivity (Wildman–Crippen MR) is 120 cm³/mol. The number of rotatable bonds is 4. The molecule has 1 aliphatic heterocycles. The van der Waals surface area contributed by atoms with Crippen LogP contribution in [0.15, 0.2) is 48.0 Å². The van der Waals surface area contributed by atoms with Gasteiger partial charge in [-0.25, -0.2) is 4.98 Å². The molecule has 148 valence electrons. The molecule has 6 heteroatoms. The molecule has 5 nitrogen and oxygen atoms in total. The van der Waals surface area contributed by atoms with Gasteiger partial charge in [0.05, 0.1) is 11.4 Å². The van der Waals surface area contributed by atoms with Crippen molar-refractivity contribution in [3.63, 3.8) is 0 Å². The molecule has 3 heterocycles. The highest BCUT2D eigenvalue weighted by Crippen LogP contribution is 2.35.